The number of hydrogen-bond acceptors (Lipinski definition) is 4. The molecule has 0 heterocycles. The first-order valence-electron chi connectivity index (χ1n) is 6.20. The van der Waals surface area contributed by atoms with Gasteiger partial charge in [-0.1, -0.05) is 23.2 Å². The number of ether oxygens (including phenoxy) is 1. The number of rotatable bonds is 6. The standard InChI is InChI=1S/C14H11Cl2NO5S/c15-9-1-3-10(4-2-9)17-23(20,21)11-5-6-13(12(16)7-11)22-8-14(18)19/h1-7,17H,8H2,(H,18,19). The van der Waals surface area contributed by atoms with Crippen LogP contribution in [0.5, 0.6) is 5.75 Å². The summed E-state index contributed by atoms with van der Waals surface area (Å²) >= 11 is 11.7. The highest BCUT2D eigenvalue weighted by Crippen LogP contribution is 2.28. The van der Waals surface area contributed by atoms with Crippen LogP contribution < -0.4 is 9.46 Å². The zero-order chi connectivity index (χ0) is 17.0. The van der Waals surface area contributed by atoms with Crippen LogP contribution in [0.4, 0.5) is 5.69 Å². The normalized spacial score (nSPS) is 11.0. The highest BCUT2D eigenvalue weighted by Gasteiger charge is 2.16. The molecular weight excluding hydrogens is 365 g/mol. The topological polar surface area (TPSA) is 92.7 Å². The van der Waals surface area contributed by atoms with Crippen LogP contribution in [-0.2, 0) is 14.8 Å². The second-order valence-corrected chi connectivity index (χ2v) is 6.91. The van der Waals surface area contributed by atoms with Gasteiger partial charge in [-0.15, -0.1) is 0 Å². The number of benzene rings is 2. The van der Waals surface area contributed by atoms with E-state index < -0.39 is 22.6 Å². The van der Waals surface area contributed by atoms with Crippen LogP contribution in [0.15, 0.2) is 47.4 Å². The summed E-state index contributed by atoms with van der Waals surface area (Å²) in [7, 11) is -3.85. The zero-order valence-electron chi connectivity index (χ0n) is 11.5. The van der Waals surface area contributed by atoms with Crippen molar-refractivity contribution in [3.63, 3.8) is 0 Å². The van der Waals surface area contributed by atoms with Gasteiger partial charge in [0.1, 0.15) is 5.75 Å². The van der Waals surface area contributed by atoms with Gasteiger partial charge in [-0.2, -0.15) is 0 Å². The molecule has 0 aliphatic carbocycles. The SMILES string of the molecule is O=C(O)COc1ccc(S(=O)(=O)Nc2ccc(Cl)cc2)cc1Cl. The Hall–Kier alpha value is -1.96. The molecule has 0 atom stereocenters. The van der Waals surface area contributed by atoms with E-state index in [9.17, 15) is 13.2 Å². The van der Waals surface area contributed by atoms with Gasteiger partial charge in [0.15, 0.2) is 6.61 Å². The lowest BCUT2D eigenvalue weighted by Crippen LogP contribution is -2.13. The Labute approximate surface area is 142 Å². The van der Waals surface area contributed by atoms with Gasteiger partial charge in [-0.3, -0.25) is 4.72 Å². The minimum Gasteiger partial charge on any atom is -0.480 e. The monoisotopic (exact) mass is 375 g/mol. The first-order valence-corrected chi connectivity index (χ1v) is 8.44. The second kappa shape index (κ2) is 7.08. The van der Waals surface area contributed by atoms with Crippen molar-refractivity contribution in [2.45, 2.75) is 4.90 Å². The lowest BCUT2D eigenvalue weighted by atomic mass is 10.3. The lowest BCUT2D eigenvalue weighted by molar-refractivity contribution is -0.139. The molecule has 0 bridgehead atoms. The fourth-order valence-corrected chi connectivity index (χ4v) is 3.15. The first-order chi connectivity index (χ1) is 10.8. The van der Waals surface area contributed by atoms with Crippen molar-refractivity contribution in [1.82, 2.24) is 0 Å². The summed E-state index contributed by atoms with van der Waals surface area (Å²) in [5, 5.41) is 9.02. The molecule has 6 nitrogen and oxygen atoms in total. The molecular formula is C14H11Cl2NO5S. The first kappa shape index (κ1) is 17.4. The molecule has 23 heavy (non-hydrogen) atoms. The van der Waals surface area contributed by atoms with Crippen molar-refractivity contribution < 1.29 is 23.1 Å². The summed E-state index contributed by atoms with van der Waals surface area (Å²) in [5.41, 5.74) is 0.344. The molecule has 2 aromatic rings. The number of sulfonamides is 1. The molecule has 2 aromatic carbocycles. The van der Waals surface area contributed by atoms with Gasteiger partial charge in [-0.05, 0) is 42.5 Å². The van der Waals surface area contributed by atoms with Crippen LogP contribution in [0.3, 0.4) is 0 Å². The van der Waals surface area contributed by atoms with Gasteiger partial charge < -0.3 is 9.84 Å². The Balaban J connectivity index is 2.21. The third kappa shape index (κ3) is 4.75. The number of hydrogen-bond donors (Lipinski definition) is 2. The minimum atomic E-state index is -3.85. The number of carboxylic acids is 1. The second-order valence-electron chi connectivity index (χ2n) is 4.39. The lowest BCUT2D eigenvalue weighted by Gasteiger charge is -2.10. The number of carbonyl (C=O) groups is 1. The molecule has 0 aromatic heterocycles. The molecule has 0 aliphatic heterocycles. The summed E-state index contributed by atoms with van der Waals surface area (Å²) in [6.45, 7) is -0.575. The van der Waals surface area contributed by atoms with Crippen molar-refractivity contribution in [2.24, 2.45) is 0 Å². The predicted molar refractivity (Wildman–Crippen MR) is 86.8 cm³/mol. The summed E-state index contributed by atoms with van der Waals surface area (Å²) < 4.78 is 31.9. The van der Waals surface area contributed by atoms with Gasteiger partial charge in [-0.25, -0.2) is 13.2 Å². The zero-order valence-corrected chi connectivity index (χ0v) is 13.8. The number of anilines is 1. The molecule has 0 amide bonds. The Bertz CT molecular complexity index is 822. The van der Waals surface area contributed by atoms with Crippen molar-refractivity contribution in [3.05, 3.63) is 52.5 Å². The van der Waals surface area contributed by atoms with Crippen LogP contribution in [-0.4, -0.2) is 26.1 Å². The van der Waals surface area contributed by atoms with Gasteiger partial charge in [0.05, 0.1) is 9.92 Å². The molecule has 0 aliphatic rings. The molecule has 9 heteroatoms. The Kier molecular flexibility index (Phi) is 5.35. The molecule has 2 N–H and O–H groups in total. The van der Waals surface area contributed by atoms with Crippen molar-refractivity contribution in [1.29, 1.82) is 0 Å². The third-order valence-corrected chi connectivity index (χ3v) is 4.59. The molecule has 0 saturated carbocycles. The van der Waals surface area contributed by atoms with E-state index in [1.54, 1.807) is 12.1 Å². The average molecular weight is 376 g/mol. The van der Waals surface area contributed by atoms with E-state index in [-0.39, 0.29) is 15.7 Å². The van der Waals surface area contributed by atoms with Crippen LogP contribution in [0.1, 0.15) is 0 Å². The summed E-state index contributed by atoms with van der Waals surface area (Å²) in [5.74, 6) is -1.08. The van der Waals surface area contributed by atoms with E-state index in [1.165, 1.54) is 30.3 Å². The van der Waals surface area contributed by atoms with Crippen LogP contribution in [0.25, 0.3) is 0 Å². The summed E-state index contributed by atoms with van der Waals surface area (Å²) in [4.78, 5) is 10.4. The molecule has 0 fully saturated rings. The molecule has 0 radical (unpaired) electrons. The highest BCUT2D eigenvalue weighted by molar-refractivity contribution is 7.92. The summed E-state index contributed by atoms with van der Waals surface area (Å²) in [6, 6.07) is 9.88. The third-order valence-electron chi connectivity index (χ3n) is 2.66. The Morgan fingerprint density at radius 2 is 1.78 bits per heavy atom. The quantitative estimate of drug-likeness (QED) is 0.807. The predicted octanol–water partition coefficient (Wildman–Crippen LogP) is 3.26. The number of aliphatic carboxylic acids is 1. The highest BCUT2D eigenvalue weighted by atomic mass is 35.5. The maximum atomic E-state index is 12.3. The minimum absolute atomic E-state index is 0.00905. The van der Waals surface area contributed by atoms with E-state index in [1.807, 2.05) is 0 Å². The van der Waals surface area contributed by atoms with Crippen LogP contribution in [0.2, 0.25) is 10.0 Å². The molecule has 0 saturated heterocycles. The largest absolute Gasteiger partial charge is 0.480 e. The van der Waals surface area contributed by atoms with Crippen molar-refractivity contribution >= 4 is 44.9 Å². The summed E-state index contributed by atoms with van der Waals surface area (Å²) in [6.07, 6.45) is 0. The fraction of sp³-hybridized carbons (Fsp3) is 0.0714. The molecule has 2 rings (SSSR count). The average Bonchev–Trinajstić information content (AvgIpc) is 2.48. The Morgan fingerprint density at radius 1 is 1.13 bits per heavy atom. The number of nitrogens with one attached hydrogen (secondary N) is 1. The Morgan fingerprint density at radius 3 is 2.35 bits per heavy atom. The van der Waals surface area contributed by atoms with Gasteiger partial charge in [0.2, 0.25) is 0 Å². The maximum absolute atomic E-state index is 12.3. The van der Waals surface area contributed by atoms with Crippen molar-refractivity contribution in [3.8, 4) is 5.75 Å². The maximum Gasteiger partial charge on any atom is 0.341 e. The van der Waals surface area contributed by atoms with Crippen molar-refractivity contribution in [2.75, 3.05) is 11.3 Å². The fourth-order valence-electron chi connectivity index (χ4n) is 1.64. The van der Waals surface area contributed by atoms with Gasteiger partial charge in [0.25, 0.3) is 10.0 Å². The van der Waals surface area contributed by atoms with E-state index >= 15 is 0 Å². The molecule has 0 spiro atoms. The number of halogens is 2. The van der Waals surface area contributed by atoms with E-state index in [0.29, 0.717) is 10.7 Å². The smallest absolute Gasteiger partial charge is 0.341 e. The molecule has 122 valence electrons. The van der Waals surface area contributed by atoms with Gasteiger partial charge in [0, 0.05) is 10.7 Å². The van der Waals surface area contributed by atoms with Crippen LogP contribution >= 0.6 is 23.2 Å². The van der Waals surface area contributed by atoms with E-state index in [0.717, 1.165) is 0 Å². The number of carboxylic acid groups (broad SMARTS) is 1. The van der Waals surface area contributed by atoms with E-state index in [2.05, 4.69) is 4.72 Å². The van der Waals surface area contributed by atoms with Crippen LogP contribution in [0, 0.1) is 0 Å². The van der Waals surface area contributed by atoms with E-state index in [4.69, 9.17) is 33.0 Å². The van der Waals surface area contributed by atoms with Gasteiger partial charge >= 0.3 is 5.97 Å². The molecule has 0 unspecified atom stereocenters.